The molecule has 4 N–H and O–H groups in total. The number of anilines is 3. The Morgan fingerprint density at radius 3 is 2.93 bits per heavy atom. The van der Waals surface area contributed by atoms with E-state index in [2.05, 4.69) is 30.5 Å². The number of nitrogens with one attached hydrogen (secondary N) is 2. The van der Waals surface area contributed by atoms with Crippen molar-refractivity contribution in [1.29, 1.82) is 0 Å². The molecular weight excluding hydrogens is 182 g/mol. The molecule has 72 valence electrons. The molecule has 0 saturated heterocycles. The number of nitrogens with two attached hydrogens (primary N) is 1. The Morgan fingerprint density at radius 2 is 2.29 bits per heavy atom. The maximum Gasteiger partial charge on any atom is 0.233 e. The quantitative estimate of drug-likeness (QED) is 0.627. The number of rotatable bonds is 2. The number of aryl methyl sites for hydroxylation is 1. The van der Waals surface area contributed by atoms with Gasteiger partial charge in [0.05, 0.1) is 0 Å². The maximum atomic E-state index is 5.39. The highest BCUT2D eigenvalue weighted by molar-refractivity contribution is 5.48. The molecule has 0 fully saturated rings. The Hall–Kier alpha value is -2.18. The summed E-state index contributed by atoms with van der Waals surface area (Å²) in [6.07, 6.45) is 1.34. The molecule has 0 aliphatic rings. The molecule has 0 spiro atoms. The molecule has 2 aromatic heterocycles. The average Bonchev–Trinajstić information content (AvgIpc) is 2.51. The van der Waals surface area contributed by atoms with Crippen LogP contribution in [0, 0.1) is 6.92 Å². The molecule has 0 atom stereocenters. The molecule has 0 aliphatic heterocycles. The summed E-state index contributed by atoms with van der Waals surface area (Å²) in [6, 6.07) is 1.83. The van der Waals surface area contributed by atoms with Crippen LogP contribution in [-0.2, 0) is 0 Å². The van der Waals surface area contributed by atoms with Gasteiger partial charge in [-0.3, -0.25) is 5.10 Å². The summed E-state index contributed by atoms with van der Waals surface area (Å²) in [5.74, 6) is 1.20. The molecular formula is C7H9N7. The number of aromatic amines is 1. The molecule has 0 amide bonds. The molecule has 0 radical (unpaired) electrons. The summed E-state index contributed by atoms with van der Waals surface area (Å²) >= 11 is 0. The van der Waals surface area contributed by atoms with Crippen molar-refractivity contribution in [1.82, 2.24) is 25.1 Å². The molecule has 2 rings (SSSR count). The van der Waals surface area contributed by atoms with Crippen LogP contribution in [0.25, 0.3) is 0 Å². The SMILES string of the molecule is Cc1cc(Nc2ncnc(N)n2)n[nH]1. The smallest absolute Gasteiger partial charge is 0.233 e. The van der Waals surface area contributed by atoms with Crippen LogP contribution < -0.4 is 11.1 Å². The third kappa shape index (κ3) is 1.76. The normalized spacial score (nSPS) is 10.1. The van der Waals surface area contributed by atoms with E-state index in [1.54, 1.807) is 0 Å². The van der Waals surface area contributed by atoms with Crippen molar-refractivity contribution in [2.24, 2.45) is 0 Å². The molecule has 0 saturated carbocycles. The zero-order valence-electron chi connectivity index (χ0n) is 7.52. The number of hydrogen-bond acceptors (Lipinski definition) is 6. The lowest BCUT2D eigenvalue weighted by Crippen LogP contribution is -2.01. The van der Waals surface area contributed by atoms with E-state index in [0.717, 1.165) is 5.69 Å². The van der Waals surface area contributed by atoms with E-state index in [0.29, 0.717) is 11.8 Å². The lowest BCUT2D eigenvalue weighted by Gasteiger charge is -1.99. The summed E-state index contributed by atoms with van der Waals surface area (Å²) in [7, 11) is 0. The number of aromatic nitrogens is 5. The predicted molar refractivity (Wildman–Crippen MR) is 50.8 cm³/mol. The zero-order chi connectivity index (χ0) is 9.97. The van der Waals surface area contributed by atoms with Crippen molar-refractivity contribution in [2.45, 2.75) is 6.92 Å². The van der Waals surface area contributed by atoms with Crippen LogP contribution in [0.2, 0.25) is 0 Å². The van der Waals surface area contributed by atoms with Crippen molar-refractivity contribution in [3.8, 4) is 0 Å². The molecule has 0 unspecified atom stereocenters. The van der Waals surface area contributed by atoms with Crippen LogP contribution in [0.5, 0.6) is 0 Å². The zero-order valence-corrected chi connectivity index (χ0v) is 7.52. The Labute approximate surface area is 79.8 Å². The van der Waals surface area contributed by atoms with Gasteiger partial charge >= 0.3 is 0 Å². The summed E-state index contributed by atoms with van der Waals surface area (Å²) in [5, 5.41) is 9.63. The maximum absolute atomic E-state index is 5.39. The first-order valence-corrected chi connectivity index (χ1v) is 3.97. The first kappa shape index (κ1) is 8.42. The molecule has 2 heterocycles. The molecule has 7 nitrogen and oxygen atoms in total. The fourth-order valence-electron chi connectivity index (χ4n) is 0.966. The molecule has 2 aromatic rings. The molecule has 14 heavy (non-hydrogen) atoms. The standard InChI is InChI=1S/C7H9N7/c1-4-2-5(14-13-4)11-7-10-3-9-6(8)12-7/h2-3H,1H3,(H4,8,9,10,11,12,13,14). The van der Waals surface area contributed by atoms with Gasteiger partial charge in [0.1, 0.15) is 6.33 Å². The van der Waals surface area contributed by atoms with Crippen LogP contribution >= 0.6 is 0 Å². The minimum atomic E-state index is 0.176. The second-order valence-corrected chi connectivity index (χ2v) is 2.73. The first-order valence-electron chi connectivity index (χ1n) is 3.97. The number of nitrogens with zero attached hydrogens (tertiary/aromatic N) is 4. The fraction of sp³-hybridized carbons (Fsp3) is 0.143. The number of nitrogen functional groups attached to an aromatic ring is 1. The van der Waals surface area contributed by atoms with Gasteiger partial charge in [-0.05, 0) is 6.92 Å². The third-order valence-corrected chi connectivity index (χ3v) is 1.54. The lowest BCUT2D eigenvalue weighted by molar-refractivity contribution is 1.03. The van der Waals surface area contributed by atoms with E-state index in [1.807, 2.05) is 13.0 Å². The van der Waals surface area contributed by atoms with Crippen molar-refractivity contribution in [3.63, 3.8) is 0 Å². The molecule has 0 bridgehead atoms. The molecule has 0 aliphatic carbocycles. The second kappa shape index (κ2) is 3.29. The highest BCUT2D eigenvalue weighted by Crippen LogP contribution is 2.09. The van der Waals surface area contributed by atoms with Gasteiger partial charge in [0, 0.05) is 11.8 Å². The first-order chi connectivity index (χ1) is 6.74. The van der Waals surface area contributed by atoms with E-state index in [4.69, 9.17) is 5.73 Å². The Kier molecular flexibility index (Phi) is 1.98. The van der Waals surface area contributed by atoms with Crippen molar-refractivity contribution in [2.75, 3.05) is 11.1 Å². The Morgan fingerprint density at radius 1 is 1.43 bits per heavy atom. The topological polar surface area (TPSA) is 105 Å². The minimum absolute atomic E-state index is 0.176. The van der Waals surface area contributed by atoms with Gasteiger partial charge in [-0.1, -0.05) is 0 Å². The summed E-state index contributed by atoms with van der Waals surface area (Å²) in [5.41, 5.74) is 6.34. The van der Waals surface area contributed by atoms with Crippen LogP contribution in [-0.4, -0.2) is 25.1 Å². The highest BCUT2D eigenvalue weighted by atomic mass is 15.2. The third-order valence-electron chi connectivity index (χ3n) is 1.54. The minimum Gasteiger partial charge on any atom is -0.368 e. The lowest BCUT2D eigenvalue weighted by atomic mass is 10.5. The Balaban J connectivity index is 2.18. The fourth-order valence-corrected chi connectivity index (χ4v) is 0.966. The molecule has 0 aromatic carbocycles. The summed E-state index contributed by atoms with van der Waals surface area (Å²) < 4.78 is 0. The van der Waals surface area contributed by atoms with Gasteiger partial charge in [-0.2, -0.15) is 10.1 Å². The van der Waals surface area contributed by atoms with Crippen LogP contribution in [0.3, 0.4) is 0 Å². The highest BCUT2D eigenvalue weighted by Gasteiger charge is 2.00. The van der Waals surface area contributed by atoms with Gasteiger partial charge in [-0.25, -0.2) is 9.97 Å². The van der Waals surface area contributed by atoms with E-state index in [1.165, 1.54) is 6.33 Å². The van der Waals surface area contributed by atoms with E-state index in [-0.39, 0.29) is 5.95 Å². The number of hydrogen-bond donors (Lipinski definition) is 3. The van der Waals surface area contributed by atoms with Gasteiger partial charge in [-0.15, -0.1) is 0 Å². The van der Waals surface area contributed by atoms with Crippen LogP contribution in [0.15, 0.2) is 12.4 Å². The Bertz CT molecular complexity index is 435. The van der Waals surface area contributed by atoms with Gasteiger partial charge in [0.25, 0.3) is 0 Å². The van der Waals surface area contributed by atoms with Crippen molar-refractivity contribution < 1.29 is 0 Å². The monoisotopic (exact) mass is 191 g/mol. The van der Waals surface area contributed by atoms with E-state index >= 15 is 0 Å². The predicted octanol–water partition coefficient (Wildman–Crippen LogP) is 0.229. The molecule has 7 heteroatoms. The van der Waals surface area contributed by atoms with E-state index < -0.39 is 0 Å². The van der Waals surface area contributed by atoms with Crippen LogP contribution in [0.4, 0.5) is 17.7 Å². The average molecular weight is 191 g/mol. The van der Waals surface area contributed by atoms with E-state index in [9.17, 15) is 0 Å². The van der Waals surface area contributed by atoms with Gasteiger partial charge in [0.2, 0.25) is 11.9 Å². The largest absolute Gasteiger partial charge is 0.368 e. The van der Waals surface area contributed by atoms with Gasteiger partial charge < -0.3 is 11.1 Å². The second-order valence-electron chi connectivity index (χ2n) is 2.73. The van der Waals surface area contributed by atoms with Crippen molar-refractivity contribution in [3.05, 3.63) is 18.1 Å². The summed E-state index contributed by atoms with van der Waals surface area (Å²) in [4.78, 5) is 11.4. The number of H-pyrrole nitrogens is 1. The van der Waals surface area contributed by atoms with Crippen molar-refractivity contribution >= 4 is 17.7 Å². The summed E-state index contributed by atoms with van der Waals surface area (Å²) in [6.45, 7) is 1.90. The van der Waals surface area contributed by atoms with Gasteiger partial charge in [0.15, 0.2) is 5.82 Å². The van der Waals surface area contributed by atoms with Crippen LogP contribution in [0.1, 0.15) is 5.69 Å².